The third-order valence-electron chi connectivity index (χ3n) is 3.00. The number of rotatable bonds is 5. The summed E-state index contributed by atoms with van der Waals surface area (Å²) in [6, 6.07) is 8.82. The maximum atomic E-state index is 11.9. The van der Waals surface area contributed by atoms with Gasteiger partial charge in [-0.05, 0) is 24.3 Å². The molecule has 0 heterocycles. The Kier molecular flexibility index (Phi) is 5.48. The van der Waals surface area contributed by atoms with Crippen molar-refractivity contribution in [1.82, 2.24) is 5.43 Å². The summed E-state index contributed by atoms with van der Waals surface area (Å²) in [5.74, 6) is -0.842. The lowest BCUT2D eigenvalue weighted by molar-refractivity contribution is -0.385. The van der Waals surface area contributed by atoms with Crippen molar-refractivity contribution in [2.45, 2.75) is 0 Å². The van der Waals surface area contributed by atoms with Crippen molar-refractivity contribution in [1.29, 1.82) is 0 Å². The molecule has 2 N–H and O–H groups in total. The first-order valence-electron chi connectivity index (χ1n) is 6.56. The van der Waals surface area contributed by atoms with Gasteiger partial charge in [-0.2, -0.15) is 5.10 Å². The van der Waals surface area contributed by atoms with Crippen LogP contribution in [0.5, 0.6) is 11.5 Å². The molecule has 0 bridgehead atoms. The van der Waals surface area contributed by atoms with E-state index in [1.165, 1.54) is 7.11 Å². The summed E-state index contributed by atoms with van der Waals surface area (Å²) in [6.07, 6.45) is 1.10. The van der Waals surface area contributed by atoms with Gasteiger partial charge in [0.2, 0.25) is 0 Å². The standard InChI is InChI=1S/C15H12BrN3O5/c1-24-13-7-12(19(22)23)6-10(14(13)20)8-17-18-15(21)9-2-4-11(16)5-3-9/h2-8,20H,1H3,(H,18,21)/b17-8+. The van der Waals surface area contributed by atoms with Gasteiger partial charge in [0.05, 0.1) is 24.3 Å². The summed E-state index contributed by atoms with van der Waals surface area (Å²) in [6.45, 7) is 0. The highest BCUT2D eigenvalue weighted by atomic mass is 79.9. The number of ether oxygens (including phenoxy) is 1. The molecule has 2 aromatic carbocycles. The van der Waals surface area contributed by atoms with Crippen molar-refractivity contribution in [2.24, 2.45) is 5.10 Å². The third kappa shape index (κ3) is 4.07. The van der Waals surface area contributed by atoms with E-state index in [1.807, 2.05) is 0 Å². The number of aromatic hydroxyl groups is 1. The summed E-state index contributed by atoms with van der Waals surface area (Å²) in [5, 5.41) is 24.5. The lowest BCUT2D eigenvalue weighted by Gasteiger charge is -2.06. The van der Waals surface area contributed by atoms with Crippen LogP contribution in [0.3, 0.4) is 0 Å². The molecule has 8 nitrogen and oxygen atoms in total. The highest BCUT2D eigenvalue weighted by Crippen LogP contribution is 2.33. The van der Waals surface area contributed by atoms with Gasteiger partial charge in [-0.3, -0.25) is 14.9 Å². The Hall–Kier alpha value is -2.94. The molecule has 9 heteroatoms. The van der Waals surface area contributed by atoms with Gasteiger partial charge >= 0.3 is 0 Å². The van der Waals surface area contributed by atoms with Crippen molar-refractivity contribution < 1.29 is 19.6 Å². The van der Waals surface area contributed by atoms with E-state index in [9.17, 15) is 20.0 Å². The maximum Gasteiger partial charge on any atom is 0.274 e. The van der Waals surface area contributed by atoms with E-state index in [1.54, 1.807) is 24.3 Å². The molecule has 24 heavy (non-hydrogen) atoms. The molecule has 0 saturated carbocycles. The molecule has 0 saturated heterocycles. The van der Waals surface area contributed by atoms with Gasteiger partial charge in [0.1, 0.15) is 0 Å². The molecular formula is C15H12BrN3O5. The minimum Gasteiger partial charge on any atom is -0.504 e. The van der Waals surface area contributed by atoms with Gasteiger partial charge in [0.25, 0.3) is 11.6 Å². The van der Waals surface area contributed by atoms with E-state index >= 15 is 0 Å². The van der Waals surface area contributed by atoms with Gasteiger partial charge in [-0.1, -0.05) is 15.9 Å². The molecule has 0 aromatic heterocycles. The fourth-order valence-corrected chi connectivity index (χ4v) is 2.06. The molecule has 0 spiro atoms. The van der Waals surface area contributed by atoms with Gasteiger partial charge in [-0.15, -0.1) is 0 Å². The van der Waals surface area contributed by atoms with Crippen LogP contribution in [0.4, 0.5) is 5.69 Å². The molecular weight excluding hydrogens is 382 g/mol. The summed E-state index contributed by atoms with van der Waals surface area (Å²) < 4.78 is 5.71. The summed E-state index contributed by atoms with van der Waals surface area (Å²) in [5.41, 5.74) is 2.43. The minimum atomic E-state index is -0.625. The van der Waals surface area contributed by atoms with Crippen LogP contribution < -0.4 is 10.2 Å². The number of phenols is 1. The number of nitrogens with zero attached hydrogens (tertiary/aromatic N) is 2. The van der Waals surface area contributed by atoms with Crippen LogP contribution in [-0.2, 0) is 0 Å². The van der Waals surface area contributed by atoms with Gasteiger partial charge in [-0.25, -0.2) is 5.43 Å². The summed E-state index contributed by atoms with van der Waals surface area (Å²) >= 11 is 3.26. The fraction of sp³-hybridized carbons (Fsp3) is 0.0667. The predicted octanol–water partition coefficient (Wildman–Crippen LogP) is 2.84. The molecule has 0 radical (unpaired) electrons. The molecule has 0 fully saturated rings. The van der Waals surface area contributed by atoms with Crippen molar-refractivity contribution in [3.63, 3.8) is 0 Å². The van der Waals surface area contributed by atoms with Crippen molar-refractivity contribution in [2.75, 3.05) is 7.11 Å². The fourth-order valence-electron chi connectivity index (χ4n) is 1.80. The Morgan fingerprint density at radius 2 is 2.04 bits per heavy atom. The molecule has 0 aliphatic carbocycles. The second-order valence-corrected chi connectivity index (χ2v) is 5.46. The summed E-state index contributed by atoms with van der Waals surface area (Å²) in [7, 11) is 1.27. The zero-order chi connectivity index (χ0) is 17.7. The summed E-state index contributed by atoms with van der Waals surface area (Å²) in [4.78, 5) is 22.1. The Bertz CT molecular complexity index is 806. The van der Waals surface area contributed by atoms with E-state index in [-0.39, 0.29) is 22.7 Å². The number of hydrazone groups is 1. The van der Waals surface area contributed by atoms with Crippen LogP contribution in [-0.4, -0.2) is 29.3 Å². The average Bonchev–Trinajstić information content (AvgIpc) is 2.56. The van der Waals surface area contributed by atoms with E-state index in [4.69, 9.17) is 4.74 Å². The topological polar surface area (TPSA) is 114 Å². The van der Waals surface area contributed by atoms with Crippen LogP contribution >= 0.6 is 15.9 Å². The van der Waals surface area contributed by atoms with Gasteiger partial charge in [0.15, 0.2) is 11.5 Å². The largest absolute Gasteiger partial charge is 0.504 e. The number of hydrogen-bond donors (Lipinski definition) is 2. The minimum absolute atomic E-state index is 0.0390. The van der Waals surface area contributed by atoms with Crippen LogP contribution in [0.15, 0.2) is 46.0 Å². The molecule has 2 aromatic rings. The monoisotopic (exact) mass is 393 g/mol. The number of methoxy groups -OCH3 is 1. The lowest BCUT2D eigenvalue weighted by Crippen LogP contribution is -2.17. The smallest absolute Gasteiger partial charge is 0.274 e. The number of amides is 1. The zero-order valence-electron chi connectivity index (χ0n) is 12.4. The van der Waals surface area contributed by atoms with E-state index < -0.39 is 10.8 Å². The number of nitrogens with one attached hydrogen (secondary N) is 1. The first-order valence-corrected chi connectivity index (χ1v) is 7.36. The number of halogens is 1. The first-order chi connectivity index (χ1) is 11.4. The predicted molar refractivity (Wildman–Crippen MR) is 90.5 cm³/mol. The van der Waals surface area contributed by atoms with Crippen LogP contribution in [0.2, 0.25) is 0 Å². The second-order valence-electron chi connectivity index (χ2n) is 4.55. The normalized spacial score (nSPS) is 10.6. The number of carbonyl (C=O) groups excluding carboxylic acids is 1. The SMILES string of the molecule is COc1cc([N+](=O)[O-])cc(/C=N/NC(=O)c2ccc(Br)cc2)c1O. The van der Waals surface area contributed by atoms with Gasteiger partial charge in [0, 0.05) is 21.7 Å². The number of carbonyl (C=O) groups is 1. The molecule has 0 unspecified atom stereocenters. The number of non-ortho nitro benzene ring substituents is 1. The second kappa shape index (κ2) is 7.55. The number of hydrogen-bond acceptors (Lipinski definition) is 6. The molecule has 2 rings (SSSR count). The number of nitro groups is 1. The molecule has 124 valence electrons. The zero-order valence-corrected chi connectivity index (χ0v) is 14.0. The van der Waals surface area contributed by atoms with Crippen LogP contribution in [0.1, 0.15) is 15.9 Å². The Morgan fingerprint density at radius 1 is 1.38 bits per heavy atom. The van der Waals surface area contributed by atoms with E-state index in [0.717, 1.165) is 22.8 Å². The van der Waals surface area contributed by atoms with Crippen molar-refractivity contribution in [3.8, 4) is 11.5 Å². The van der Waals surface area contributed by atoms with Gasteiger partial charge < -0.3 is 9.84 Å². The Morgan fingerprint density at radius 3 is 2.62 bits per heavy atom. The Labute approximate surface area is 145 Å². The highest BCUT2D eigenvalue weighted by Gasteiger charge is 2.15. The quantitative estimate of drug-likeness (QED) is 0.460. The Balaban J connectivity index is 2.19. The first kappa shape index (κ1) is 17.4. The number of phenolic OH excluding ortho intramolecular Hbond substituents is 1. The van der Waals surface area contributed by atoms with Crippen LogP contribution in [0.25, 0.3) is 0 Å². The molecule has 0 aliphatic heterocycles. The molecule has 0 aliphatic rings. The molecule has 0 atom stereocenters. The number of benzene rings is 2. The maximum absolute atomic E-state index is 11.9. The van der Waals surface area contributed by atoms with E-state index in [2.05, 4.69) is 26.5 Å². The van der Waals surface area contributed by atoms with Crippen molar-refractivity contribution >= 4 is 33.7 Å². The van der Waals surface area contributed by atoms with Crippen molar-refractivity contribution in [3.05, 3.63) is 62.1 Å². The average molecular weight is 394 g/mol. The van der Waals surface area contributed by atoms with E-state index in [0.29, 0.717) is 5.56 Å². The third-order valence-corrected chi connectivity index (χ3v) is 3.52. The van der Waals surface area contributed by atoms with Crippen LogP contribution in [0, 0.1) is 10.1 Å². The lowest BCUT2D eigenvalue weighted by atomic mass is 10.2. The molecule has 1 amide bonds. The highest BCUT2D eigenvalue weighted by molar-refractivity contribution is 9.10. The number of nitro benzene ring substituents is 1.